The Balaban J connectivity index is 2.85. The number of ether oxygens (including phenoxy) is 2. The van der Waals surface area contributed by atoms with Crippen LogP contribution >= 0.6 is 0 Å². The molecule has 0 saturated heterocycles. The lowest BCUT2D eigenvalue weighted by Crippen LogP contribution is -2.38. The Kier molecular flexibility index (Phi) is 5.96. The molecule has 2 atom stereocenters. The molecule has 1 aromatic carbocycles. The third kappa shape index (κ3) is 4.24. The van der Waals surface area contributed by atoms with E-state index >= 15 is 0 Å². The molecule has 1 amide bonds. The first-order valence-electron chi connectivity index (χ1n) is 6.22. The number of benzene rings is 1. The van der Waals surface area contributed by atoms with Crippen molar-refractivity contribution in [1.82, 2.24) is 0 Å². The molecule has 0 heterocycles. The van der Waals surface area contributed by atoms with E-state index in [1.165, 1.54) is 26.4 Å². The Hall–Kier alpha value is -2.52. The van der Waals surface area contributed by atoms with Gasteiger partial charge >= 0.3 is 5.97 Å². The molecule has 22 heavy (non-hydrogen) atoms. The van der Waals surface area contributed by atoms with E-state index in [2.05, 4.69) is 5.32 Å². The summed E-state index contributed by atoms with van der Waals surface area (Å²) in [6.45, 7) is 0. The smallest absolute Gasteiger partial charge is 0.320 e. The Morgan fingerprint density at radius 3 is 2.32 bits per heavy atom. The van der Waals surface area contributed by atoms with Crippen LogP contribution in [0, 0.1) is 0 Å². The minimum absolute atomic E-state index is 0.0226. The number of nitrogens with one attached hydrogen (secondary N) is 1. The number of aliphatic hydroxyl groups is 1. The van der Waals surface area contributed by atoms with Crippen molar-refractivity contribution in [2.24, 2.45) is 5.73 Å². The van der Waals surface area contributed by atoms with E-state index < -0.39 is 30.4 Å². The van der Waals surface area contributed by atoms with E-state index in [9.17, 15) is 19.8 Å². The van der Waals surface area contributed by atoms with Gasteiger partial charge < -0.3 is 35.8 Å². The predicted molar refractivity (Wildman–Crippen MR) is 76.1 cm³/mol. The number of aliphatic hydroxyl groups excluding tert-OH is 1. The summed E-state index contributed by atoms with van der Waals surface area (Å²) in [7, 11) is 2.76. The predicted octanol–water partition coefficient (Wildman–Crippen LogP) is -0.489. The van der Waals surface area contributed by atoms with Gasteiger partial charge in [-0.1, -0.05) is 0 Å². The van der Waals surface area contributed by atoms with Crippen LogP contribution in [0.5, 0.6) is 17.2 Å². The van der Waals surface area contributed by atoms with Gasteiger partial charge in [-0.15, -0.1) is 0 Å². The Morgan fingerprint density at radius 2 is 1.82 bits per heavy atom. The molecule has 0 spiro atoms. The number of phenolic OH excluding ortho intramolecular Hbond substituents is 1. The van der Waals surface area contributed by atoms with Crippen molar-refractivity contribution in [3.05, 3.63) is 12.1 Å². The number of amides is 1. The molecule has 122 valence electrons. The van der Waals surface area contributed by atoms with E-state index in [4.69, 9.17) is 20.3 Å². The first-order valence-corrected chi connectivity index (χ1v) is 6.22. The summed E-state index contributed by atoms with van der Waals surface area (Å²) in [6.07, 6.45) is -2.10. The minimum atomic E-state index is -1.64. The van der Waals surface area contributed by atoms with Gasteiger partial charge in [-0.05, 0) is 0 Å². The number of carbonyl (C=O) groups excluding carboxylic acids is 1. The van der Waals surface area contributed by atoms with E-state index in [0.717, 1.165) is 0 Å². The standard InChI is InChI=1S/C13H18N2O7/c1-21-10-4-7(8(16)5-11(10)22-2)15-12(18)9(17)3-6(14)13(19)20/h4-6,9,16-17H,3,14H2,1-2H3,(H,15,18)(H,19,20). The number of carboxylic acids is 1. The first-order chi connectivity index (χ1) is 10.3. The lowest BCUT2D eigenvalue weighted by Gasteiger charge is -2.16. The second kappa shape index (κ2) is 7.48. The van der Waals surface area contributed by atoms with Gasteiger partial charge in [0.2, 0.25) is 0 Å². The average molecular weight is 314 g/mol. The van der Waals surface area contributed by atoms with Crippen molar-refractivity contribution in [2.45, 2.75) is 18.6 Å². The van der Waals surface area contributed by atoms with Crippen molar-refractivity contribution in [1.29, 1.82) is 0 Å². The molecule has 0 aliphatic rings. The molecule has 2 unspecified atom stereocenters. The maximum absolute atomic E-state index is 11.8. The molecule has 0 aliphatic carbocycles. The van der Waals surface area contributed by atoms with Gasteiger partial charge in [0.25, 0.3) is 5.91 Å². The molecule has 9 nitrogen and oxygen atoms in total. The van der Waals surface area contributed by atoms with Crippen molar-refractivity contribution in [2.75, 3.05) is 19.5 Å². The summed E-state index contributed by atoms with van der Waals surface area (Å²) >= 11 is 0. The van der Waals surface area contributed by atoms with E-state index in [-0.39, 0.29) is 22.9 Å². The van der Waals surface area contributed by atoms with Crippen LogP contribution in [0.25, 0.3) is 0 Å². The topological polar surface area (TPSA) is 151 Å². The number of phenols is 1. The maximum atomic E-state index is 11.8. The van der Waals surface area contributed by atoms with Crippen LogP contribution in [0.4, 0.5) is 5.69 Å². The highest BCUT2D eigenvalue weighted by atomic mass is 16.5. The van der Waals surface area contributed by atoms with Crippen LogP contribution in [0.3, 0.4) is 0 Å². The number of carboxylic acid groups (broad SMARTS) is 1. The van der Waals surface area contributed by atoms with E-state index in [1.807, 2.05) is 0 Å². The van der Waals surface area contributed by atoms with E-state index in [0.29, 0.717) is 0 Å². The highest BCUT2D eigenvalue weighted by Crippen LogP contribution is 2.37. The van der Waals surface area contributed by atoms with Crippen LogP contribution in [0.2, 0.25) is 0 Å². The lowest BCUT2D eigenvalue weighted by molar-refractivity contribution is -0.139. The van der Waals surface area contributed by atoms with Gasteiger partial charge in [0.15, 0.2) is 11.5 Å². The number of aliphatic carboxylic acids is 1. The van der Waals surface area contributed by atoms with Crippen LogP contribution in [0.15, 0.2) is 12.1 Å². The zero-order chi connectivity index (χ0) is 16.9. The fourth-order valence-corrected chi connectivity index (χ4v) is 1.63. The van der Waals surface area contributed by atoms with Crippen LogP contribution in [-0.4, -0.2) is 53.6 Å². The summed E-state index contributed by atoms with van der Waals surface area (Å²) in [5.41, 5.74) is 5.21. The molecule has 0 aliphatic heterocycles. The zero-order valence-corrected chi connectivity index (χ0v) is 12.1. The van der Waals surface area contributed by atoms with Gasteiger partial charge in [-0.3, -0.25) is 9.59 Å². The molecule has 0 saturated carbocycles. The zero-order valence-electron chi connectivity index (χ0n) is 12.1. The van der Waals surface area contributed by atoms with Gasteiger partial charge in [-0.25, -0.2) is 0 Å². The lowest BCUT2D eigenvalue weighted by atomic mass is 10.1. The highest BCUT2D eigenvalue weighted by Gasteiger charge is 2.23. The largest absolute Gasteiger partial charge is 0.506 e. The second-order valence-electron chi connectivity index (χ2n) is 4.41. The molecule has 0 fully saturated rings. The molecule has 0 bridgehead atoms. The Morgan fingerprint density at radius 1 is 1.27 bits per heavy atom. The fourth-order valence-electron chi connectivity index (χ4n) is 1.63. The second-order valence-corrected chi connectivity index (χ2v) is 4.41. The quantitative estimate of drug-likeness (QED) is 0.423. The molecule has 9 heteroatoms. The molecular formula is C13H18N2O7. The van der Waals surface area contributed by atoms with E-state index in [1.54, 1.807) is 0 Å². The van der Waals surface area contributed by atoms with Crippen LogP contribution < -0.4 is 20.5 Å². The Bertz CT molecular complexity index is 562. The number of anilines is 1. The van der Waals surface area contributed by atoms with Crippen LogP contribution in [0.1, 0.15) is 6.42 Å². The van der Waals surface area contributed by atoms with Gasteiger partial charge in [-0.2, -0.15) is 0 Å². The van der Waals surface area contributed by atoms with Gasteiger partial charge in [0.1, 0.15) is 17.9 Å². The summed E-state index contributed by atoms with van der Waals surface area (Å²) in [4.78, 5) is 22.4. The summed E-state index contributed by atoms with van der Waals surface area (Å²) in [5.74, 6) is -2.03. The molecule has 6 N–H and O–H groups in total. The third-order valence-electron chi connectivity index (χ3n) is 2.86. The average Bonchev–Trinajstić information content (AvgIpc) is 2.48. The highest BCUT2D eigenvalue weighted by molar-refractivity contribution is 5.96. The Labute approximate surface area is 126 Å². The number of rotatable bonds is 7. The summed E-state index contributed by atoms with van der Waals surface area (Å²) < 4.78 is 10.00. The monoisotopic (exact) mass is 314 g/mol. The van der Waals surface area contributed by atoms with Gasteiger partial charge in [0.05, 0.1) is 19.9 Å². The van der Waals surface area contributed by atoms with Crippen molar-refractivity contribution in [3.63, 3.8) is 0 Å². The fraction of sp³-hybridized carbons (Fsp3) is 0.385. The molecule has 0 radical (unpaired) electrons. The first kappa shape index (κ1) is 17.5. The number of carbonyl (C=O) groups is 2. The van der Waals surface area contributed by atoms with Crippen LogP contribution in [-0.2, 0) is 9.59 Å². The normalized spacial score (nSPS) is 13.1. The number of nitrogens with two attached hydrogens (primary N) is 1. The van der Waals surface area contributed by atoms with Crippen molar-refractivity contribution >= 4 is 17.6 Å². The van der Waals surface area contributed by atoms with Crippen molar-refractivity contribution in [3.8, 4) is 17.2 Å². The molecular weight excluding hydrogens is 296 g/mol. The maximum Gasteiger partial charge on any atom is 0.320 e. The molecule has 0 aromatic heterocycles. The molecule has 1 rings (SSSR count). The third-order valence-corrected chi connectivity index (χ3v) is 2.86. The molecule has 1 aromatic rings. The number of hydrogen-bond acceptors (Lipinski definition) is 7. The SMILES string of the molecule is COc1cc(O)c(NC(=O)C(O)CC(N)C(=O)O)cc1OC. The summed E-state index contributed by atoms with van der Waals surface area (Å²) in [5, 5.41) is 30.3. The number of aromatic hydroxyl groups is 1. The number of hydrogen-bond donors (Lipinski definition) is 5. The van der Waals surface area contributed by atoms with Gasteiger partial charge in [0, 0.05) is 18.6 Å². The van der Waals surface area contributed by atoms with Crippen molar-refractivity contribution < 1.29 is 34.4 Å². The number of methoxy groups -OCH3 is 2. The summed E-state index contributed by atoms with van der Waals surface area (Å²) in [6, 6.07) is 1.15. The minimum Gasteiger partial charge on any atom is -0.506 e.